The van der Waals surface area contributed by atoms with Crippen molar-refractivity contribution >= 4 is 44.7 Å². The Hall–Kier alpha value is -3.49. The fourth-order valence-corrected chi connectivity index (χ4v) is 7.42. The molecule has 0 N–H and O–H groups in total. The van der Waals surface area contributed by atoms with Crippen LogP contribution in [0.15, 0.2) is 30.5 Å². The van der Waals surface area contributed by atoms with E-state index in [1.54, 1.807) is 23.5 Å². The zero-order valence-corrected chi connectivity index (χ0v) is 25.3. The minimum absolute atomic E-state index is 0.243. The number of amides is 1. The van der Waals surface area contributed by atoms with Gasteiger partial charge in [0.2, 0.25) is 0 Å². The summed E-state index contributed by atoms with van der Waals surface area (Å²) >= 11 is 3.09. The number of anilines is 2. The Morgan fingerprint density at radius 3 is 2.46 bits per heavy atom. The van der Waals surface area contributed by atoms with Crippen LogP contribution in [0.4, 0.5) is 20.1 Å². The van der Waals surface area contributed by atoms with Crippen molar-refractivity contribution in [2.45, 2.75) is 77.4 Å². The first-order valence-corrected chi connectivity index (χ1v) is 15.7. The summed E-state index contributed by atoms with van der Waals surface area (Å²) in [5.41, 5.74) is 1.82. The second-order valence-corrected chi connectivity index (χ2v) is 13.7. The highest BCUT2D eigenvalue weighted by atomic mass is 32.1. The van der Waals surface area contributed by atoms with Crippen LogP contribution in [-0.2, 0) is 11.2 Å². The molecule has 41 heavy (non-hydrogen) atoms. The van der Waals surface area contributed by atoms with E-state index in [2.05, 4.69) is 28.5 Å². The molecule has 1 saturated carbocycles. The number of likely N-dealkylation sites (tertiary alicyclic amines) is 1. The molecule has 4 aromatic rings. The number of aromatic nitrogens is 3. The van der Waals surface area contributed by atoms with Gasteiger partial charge >= 0.3 is 6.09 Å². The summed E-state index contributed by atoms with van der Waals surface area (Å²) in [5, 5.41) is 10.7. The molecule has 0 spiro atoms. The van der Waals surface area contributed by atoms with Crippen molar-refractivity contribution in [1.82, 2.24) is 19.3 Å². The molecular formula is C30H33FN6O2S2. The average molecular weight is 593 g/mol. The fraction of sp³-hybridized carbons (Fsp3) is 0.467. The van der Waals surface area contributed by atoms with E-state index in [4.69, 9.17) is 14.7 Å². The second kappa shape index (κ2) is 10.7. The summed E-state index contributed by atoms with van der Waals surface area (Å²) in [6.07, 6.45) is 6.59. The van der Waals surface area contributed by atoms with Crippen molar-refractivity contribution in [3.05, 3.63) is 51.7 Å². The largest absolute Gasteiger partial charge is 0.444 e. The lowest BCUT2D eigenvalue weighted by Gasteiger charge is -2.33. The molecule has 4 heterocycles. The maximum absolute atomic E-state index is 13.6. The molecule has 8 nitrogen and oxygen atoms in total. The van der Waals surface area contributed by atoms with Crippen LogP contribution in [0.1, 0.15) is 74.7 Å². The number of carbonyl (C=O) groups excluding carboxylic acids is 1. The van der Waals surface area contributed by atoms with E-state index in [1.165, 1.54) is 28.3 Å². The molecule has 1 aliphatic heterocycles. The number of rotatable bonds is 6. The minimum Gasteiger partial charge on any atom is -0.444 e. The van der Waals surface area contributed by atoms with Gasteiger partial charge in [0.05, 0.1) is 5.69 Å². The van der Waals surface area contributed by atoms with Crippen LogP contribution >= 0.6 is 22.7 Å². The average Bonchev–Trinajstić information content (AvgIpc) is 3.40. The molecule has 0 unspecified atom stereocenters. The molecule has 11 heteroatoms. The Bertz CT molecular complexity index is 1620. The van der Waals surface area contributed by atoms with Gasteiger partial charge in [-0.3, -0.25) is 9.30 Å². The number of piperidine rings is 1. The van der Waals surface area contributed by atoms with E-state index in [-0.39, 0.29) is 11.9 Å². The second-order valence-electron chi connectivity index (χ2n) is 11.7. The van der Waals surface area contributed by atoms with Crippen molar-refractivity contribution in [3.63, 3.8) is 0 Å². The SMILES string of the molecule is CCc1nc2sc(C3CCN(C(=O)OC(C)(C)C)CC3)cn2c1N(c1nc(-c2ccc(F)cc2)c(C#N)s1)C1CC1. The maximum atomic E-state index is 13.6. The quantitative estimate of drug-likeness (QED) is 0.230. The van der Waals surface area contributed by atoms with E-state index < -0.39 is 5.60 Å². The summed E-state index contributed by atoms with van der Waals surface area (Å²) in [4.78, 5) is 29.3. The van der Waals surface area contributed by atoms with Gasteiger partial charge in [0.1, 0.15) is 33.9 Å². The molecule has 1 aliphatic carbocycles. The number of hydrogen-bond acceptors (Lipinski definition) is 8. The van der Waals surface area contributed by atoms with Crippen molar-refractivity contribution in [3.8, 4) is 17.3 Å². The predicted octanol–water partition coefficient (Wildman–Crippen LogP) is 7.51. The van der Waals surface area contributed by atoms with Gasteiger partial charge in [-0.1, -0.05) is 18.3 Å². The first-order valence-electron chi connectivity index (χ1n) is 14.1. The number of carbonyl (C=O) groups is 1. The molecule has 1 saturated heterocycles. The maximum Gasteiger partial charge on any atom is 0.410 e. The van der Waals surface area contributed by atoms with Crippen molar-refractivity contribution in [1.29, 1.82) is 5.26 Å². The Morgan fingerprint density at radius 2 is 1.85 bits per heavy atom. The van der Waals surface area contributed by atoms with Crippen LogP contribution in [0.2, 0.25) is 0 Å². The Labute approximate surface area is 247 Å². The summed E-state index contributed by atoms with van der Waals surface area (Å²) < 4.78 is 21.3. The number of benzene rings is 1. The van der Waals surface area contributed by atoms with Crippen LogP contribution in [0, 0.1) is 17.1 Å². The Morgan fingerprint density at radius 1 is 1.15 bits per heavy atom. The number of fused-ring (bicyclic) bond motifs is 1. The van der Waals surface area contributed by atoms with Crippen LogP contribution in [0.3, 0.4) is 0 Å². The number of aryl methyl sites for hydroxylation is 1. The Kier molecular flexibility index (Phi) is 7.24. The van der Waals surface area contributed by atoms with Gasteiger partial charge in [0, 0.05) is 35.8 Å². The molecule has 0 atom stereocenters. The van der Waals surface area contributed by atoms with E-state index in [0.717, 1.165) is 59.3 Å². The van der Waals surface area contributed by atoms with Gasteiger partial charge in [-0.15, -0.1) is 11.3 Å². The zero-order valence-electron chi connectivity index (χ0n) is 23.7. The fourth-order valence-electron chi connectivity index (χ4n) is 5.29. The van der Waals surface area contributed by atoms with Crippen molar-refractivity contribution in [2.75, 3.05) is 18.0 Å². The molecular weight excluding hydrogens is 560 g/mol. The summed E-state index contributed by atoms with van der Waals surface area (Å²) in [6, 6.07) is 8.73. The highest BCUT2D eigenvalue weighted by Gasteiger charge is 2.37. The van der Waals surface area contributed by atoms with E-state index in [0.29, 0.717) is 35.6 Å². The highest BCUT2D eigenvalue weighted by molar-refractivity contribution is 7.17. The smallest absolute Gasteiger partial charge is 0.410 e. The number of hydrogen-bond donors (Lipinski definition) is 0. The van der Waals surface area contributed by atoms with E-state index in [9.17, 15) is 14.4 Å². The molecule has 1 aromatic carbocycles. The Balaban J connectivity index is 1.31. The number of nitriles is 1. The topological polar surface area (TPSA) is 86.8 Å². The first-order chi connectivity index (χ1) is 19.6. The third kappa shape index (κ3) is 5.55. The van der Waals surface area contributed by atoms with E-state index >= 15 is 0 Å². The van der Waals surface area contributed by atoms with Gasteiger partial charge < -0.3 is 9.64 Å². The van der Waals surface area contributed by atoms with Gasteiger partial charge in [-0.05, 0) is 83.1 Å². The van der Waals surface area contributed by atoms with Gasteiger partial charge in [0.25, 0.3) is 0 Å². The first kappa shape index (κ1) is 27.7. The monoisotopic (exact) mass is 592 g/mol. The molecule has 1 amide bonds. The van der Waals surface area contributed by atoms with Gasteiger partial charge in [-0.2, -0.15) is 5.26 Å². The van der Waals surface area contributed by atoms with Gasteiger partial charge in [0.15, 0.2) is 10.1 Å². The van der Waals surface area contributed by atoms with Crippen LogP contribution in [0.5, 0.6) is 0 Å². The number of thiazole rings is 2. The molecule has 214 valence electrons. The van der Waals surface area contributed by atoms with Crippen LogP contribution in [0.25, 0.3) is 16.2 Å². The van der Waals surface area contributed by atoms with E-state index in [1.807, 2.05) is 25.7 Å². The number of ether oxygens (including phenoxy) is 1. The molecule has 0 radical (unpaired) electrons. The summed E-state index contributed by atoms with van der Waals surface area (Å²) in [5.74, 6) is 1.05. The highest BCUT2D eigenvalue weighted by Crippen LogP contribution is 2.45. The molecule has 2 fully saturated rings. The lowest BCUT2D eigenvalue weighted by molar-refractivity contribution is 0.0205. The predicted molar refractivity (Wildman–Crippen MR) is 160 cm³/mol. The van der Waals surface area contributed by atoms with Crippen LogP contribution in [-0.4, -0.2) is 50.1 Å². The number of halogens is 1. The minimum atomic E-state index is -0.501. The summed E-state index contributed by atoms with van der Waals surface area (Å²) in [7, 11) is 0. The standard InChI is InChI=1S/C30H33FN6O2S2/c1-5-22-26(37(21-10-11-21)28-34-25(23(16-32)40-28)19-6-8-20(31)9-7-19)36-17-24(41-27(36)33-22)18-12-14-35(15-13-18)29(38)39-30(2,3)4/h6-9,17-18,21H,5,10-15H2,1-4H3. The zero-order chi connectivity index (χ0) is 28.9. The lowest BCUT2D eigenvalue weighted by Crippen LogP contribution is -2.41. The lowest BCUT2D eigenvalue weighted by atomic mass is 9.96. The normalized spacial score (nSPS) is 16.2. The molecule has 6 rings (SSSR count). The summed E-state index contributed by atoms with van der Waals surface area (Å²) in [6.45, 7) is 9.13. The van der Waals surface area contributed by atoms with Crippen LogP contribution < -0.4 is 4.90 Å². The number of imidazole rings is 1. The van der Waals surface area contributed by atoms with Crippen molar-refractivity contribution < 1.29 is 13.9 Å². The third-order valence-electron chi connectivity index (χ3n) is 7.45. The van der Waals surface area contributed by atoms with Gasteiger partial charge in [-0.25, -0.2) is 19.2 Å². The number of nitrogens with zero attached hydrogens (tertiary/aromatic N) is 6. The molecule has 3 aromatic heterocycles. The molecule has 0 bridgehead atoms. The molecule has 2 aliphatic rings. The van der Waals surface area contributed by atoms with Crippen molar-refractivity contribution in [2.24, 2.45) is 0 Å². The third-order valence-corrected chi connectivity index (χ3v) is 9.56.